The maximum absolute atomic E-state index is 11.2. The summed E-state index contributed by atoms with van der Waals surface area (Å²) in [4.78, 5) is 11.2. The topological polar surface area (TPSA) is 44.8 Å². The average Bonchev–Trinajstić information content (AvgIpc) is 2.89. The van der Waals surface area contributed by atoms with Crippen LogP contribution in [0.2, 0.25) is 0 Å². The van der Waals surface area contributed by atoms with Gasteiger partial charge in [0.15, 0.2) is 6.29 Å². The number of carbonyl (C=O) groups excluding carboxylic acids is 1. The van der Waals surface area contributed by atoms with Crippen LogP contribution in [-0.2, 0) is 14.2 Å². The summed E-state index contributed by atoms with van der Waals surface area (Å²) >= 11 is 0. The fraction of sp³-hybridized carbons (Fsp3) is 0.308. The van der Waals surface area contributed by atoms with E-state index in [1.807, 2.05) is 24.3 Å². The second-order valence-corrected chi connectivity index (χ2v) is 3.58. The van der Waals surface area contributed by atoms with Gasteiger partial charge in [-0.2, -0.15) is 0 Å². The number of ether oxygens (including phenoxy) is 3. The van der Waals surface area contributed by atoms with Gasteiger partial charge >= 0.3 is 5.97 Å². The predicted octanol–water partition coefficient (Wildman–Crippen LogP) is 1.86. The van der Waals surface area contributed by atoms with Crippen molar-refractivity contribution in [2.75, 3.05) is 20.3 Å². The molecule has 0 bridgehead atoms. The highest BCUT2D eigenvalue weighted by Gasteiger charge is 2.11. The molecule has 0 amide bonds. The number of hydrogen-bond acceptors (Lipinski definition) is 4. The van der Waals surface area contributed by atoms with Crippen molar-refractivity contribution in [2.45, 2.75) is 6.29 Å². The summed E-state index contributed by atoms with van der Waals surface area (Å²) in [5.41, 5.74) is 1.52. The second-order valence-electron chi connectivity index (χ2n) is 3.58. The van der Waals surface area contributed by atoms with Crippen molar-refractivity contribution >= 4 is 12.0 Å². The van der Waals surface area contributed by atoms with Crippen molar-refractivity contribution in [3.8, 4) is 0 Å². The lowest BCUT2D eigenvalue weighted by atomic mass is 10.1. The standard InChI is InChI=1S/C13H14O4/c1-15-13(14)11-5-2-10(3-6-11)4-7-12-16-8-9-17-12/h2-7,12H,8-9H2,1H3/i12+1. The van der Waals surface area contributed by atoms with Crippen molar-refractivity contribution in [2.24, 2.45) is 0 Å². The molecule has 0 saturated carbocycles. The van der Waals surface area contributed by atoms with Crippen LogP contribution in [0.5, 0.6) is 0 Å². The number of benzene rings is 1. The van der Waals surface area contributed by atoms with Gasteiger partial charge in [0.2, 0.25) is 0 Å². The Labute approximate surface area is 99.8 Å². The third kappa shape index (κ3) is 3.15. The van der Waals surface area contributed by atoms with Gasteiger partial charge in [0.25, 0.3) is 0 Å². The Balaban J connectivity index is 2.00. The molecule has 4 nitrogen and oxygen atoms in total. The molecule has 0 unspecified atom stereocenters. The van der Waals surface area contributed by atoms with Gasteiger partial charge in [-0.25, -0.2) is 4.79 Å². The molecule has 0 spiro atoms. The van der Waals surface area contributed by atoms with E-state index in [0.29, 0.717) is 18.8 Å². The summed E-state index contributed by atoms with van der Waals surface area (Å²) < 4.78 is 15.2. The molecule has 0 aliphatic carbocycles. The van der Waals surface area contributed by atoms with Crippen LogP contribution in [0.1, 0.15) is 15.9 Å². The highest BCUT2D eigenvalue weighted by molar-refractivity contribution is 5.89. The molecule has 2 rings (SSSR count). The van der Waals surface area contributed by atoms with Crippen LogP contribution in [0.4, 0.5) is 0 Å². The predicted molar refractivity (Wildman–Crippen MR) is 62.5 cm³/mol. The molecule has 17 heavy (non-hydrogen) atoms. The molecule has 0 radical (unpaired) electrons. The van der Waals surface area contributed by atoms with Gasteiger partial charge in [-0.3, -0.25) is 0 Å². The van der Waals surface area contributed by atoms with E-state index in [1.54, 1.807) is 12.1 Å². The van der Waals surface area contributed by atoms with Gasteiger partial charge in [-0.15, -0.1) is 0 Å². The zero-order chi connectivity index (χ0) is 12.1. The molecule has 1 aliphatic rings. The molecule has 0 aromatic heterocycles. The molecule has 1 aromatic carbocycles. The van der Waals surface area contributed by atoms with Gasteiger partial charge in [-0.05, 0) is 23.8 Å². The Hall–Kier alpha value is -1.65. The van der Waals surface area contributed by atoms with E-state index in [9.17, 15) is 4.79 Å². The van der Waals surface area contributed by atoms with Crippen molar-refractivity contribution in [1.29, 1.82) is 0 Å². The number of esters is 1. The molecule has 1 saturated heterocycles. The van der Waals surface area contributed by atoms with E-state index in [1.165, 1.54) is 7.11 Å². The highest BCUT2D eigenvalue weighted by atomic mass is 16.8. The lowest BCUT2D eigenvalue weighted by Gasteiger charge is -2.02. The molecule has 1 fully saturated rings. The number of carbonyl (C=O) groups is 1. The quantitative estimate of drug-likeness (QED) is 0.592. The van der Waals surface area contributed by atoms with Gasteiger partial charge < -0.3 is 14.2 Å². The molecule has 1 heterocycles. The monoisotopic (exact) mass is 235 g/mol. The molecule has 1 aromatic rings. The van der Waals surface area contributed by atoms with Crippen molar-refractivity contribution in [1.82, 2.24) is 0 Å². The maximum Gasteiger partial charge on any atom is 0.337 e. The van der Waals surface area contributed by atoms with E-state index in [2.05, 4.69) is 4.74 Å². The van der Waals surface area contributed by atoms with Crippen molar-refractivity contribution < 1.29 is 19.0 Å². The van der Waals surface area contributed by atoms with E-state index in [4.69, 9.17) is 9.47 Å². The summed E-state index contributed by atoms with van der Waals surface area (Å²) in [7, 11) is 1.37. The summed E-state index contributed by atoms with van der Waals surface area (Å²) in [6, 6.07) is 7.14. The lowest BCUT2D eigenvalue weighted by Crippen LogP contribution is -2.02. The summed E-state index contributed by atoms with van der Waals surface area (Å²) in [5, 5.41) is 0. The van der Waals surface area contributed by atoms with Crippen LogP contribution in [0.15, 0.2) is 30.3 Å². The van der Waals surface area contributed by atoms with E-state index in [0.717, 1.165) is 5.56 Å². The summed E-state index contributed by atoms with van der Waals surface area (Å²) in [6.45, 7) is 1.27. The zero-order valence-corrected chi connectivity index (χ0v) is 9.59. The van der Waals surface area contributed by atoms with Crippen LogP contribution in [-0.4, -0.2) is 32.6 Å². The van der Waals surface area contributed by atoms with Crippen LogP contribution in [0.3, 0.4) is 0 Å². The normalized spacial score (nSPS) is 16.5. The van der Waals surface area contributed by atoms with Gasteiger partial charge in [-0.1, -0.05) is 18.2 Å². The van der Waals surface area contributed by atoms with Gasteiger partial charge in [0, 0.05) is 0 Å². The molecular formula is C13H14O4. The Morgan fingerprint density at radius 1 is 1.29 bits per heavy atom. The zero-order valence-electron chi connectivity index (χ0n) is 9.59. The SMILES string of the molecule is COC(=O)c1ccc(C=C[13CH]2OCCO2)cc1. The maximum atomic E-state index is 11.2. The average molecular weight is 235 g/mol. The largest absolute Gasteiger partial charge is 0.465 e. The first kappa shape index (κ1) is 11.8. The molecule has 1 aliphatic heterocycles. The molecule has 0 N–H and O–H groups in total. The molecule has 4 heteroatoms. The van der Waals surface area contributed by atoms with Crippen molar-refractivity contribution in [3.05, 3.63) is 41.5 Å². The number of methoxy groups -OCH3 is 1. The highest BCUT2D eigenvalue weighted by Crippen LogP contribution is 2.10. The molecule has 0 atom stereocenters. The first-order valence-corrected chi connectivity index (χ1v) is 5.39. The molecular weight excluding hydrogens is 221 g/mol. The fourth-order valence-electron chi connectivity index (χ4n) is 1.53. The first-order valence-electron chi connectivity index (χ1n) is 5.39. The minimum atomic E-state index is -0.331. The summed E-state index contributed by atoms with van der Waals surface area (Å²) in [6.07, 6.45) is 3.49. The van der Waals surface area contributed by atoms with E-state index < -0.39 is 0 Å². The van der Waals surface area contributed by atoms with Gasteiger partial charge in [0.1, 0.15) is 0 Å². The van der Waals surface area contributed by atoms with E-state index in [-0.39, 0.29) is 12.3 Å². The number of rotatable bonds is 3. The Morgan fingerprint density at radius 2 is 1.94 bits per heavy atom. The second kappa shape index (κ2) is 5.61. The minimum Gasteiger partial charge on any atom is -0.465 e. The van der Waals surface area contributed by atoms with Crippen LogP contribution >= 0.6 is 0 Å². The van der Waals surface area contributed by atoms with Crippen molar-refractivity contribution in [3.63, 3.8) is 0 Å². The fourth-order valence-corrected chi connectivity index (χ4v) is 1.53. The number of hydrogen-bond donors (Lipinski definition) is 0. The Kier molecular flexibility index (Phi) is 3.90. The van der Waals surface area contributed by atoms with Gasteiger partial charge in [0.05, 0.1) is 25.9 Å². The third-order valence-corrected chi connectivity index (χ3v) is 2.43. The molecule has 90 valence electrons. The summed E-state index contributed by atoms with van der Waals surface area (Å²) in [5.74, 6) is -0.331. The van der Waals surface area contributed by atoms with Crippen LogP contribution in [0, 0.1) is 0 Å². The third-order valence-electron chi connectivity index (χ3n) is 2.43. The minimum absolute atomic E-state index is 0.254. The lowest BCUT2D eigenvalue weighted by molar-refractivity contribution is -0.000912. The smallest absolute Gasteiger partial charge is 0.337 e. The Morgan fingerprint density at radius 3 is 2.53 bits per heavy atom. The van der Waals surface area contributed by atoms with E-state index >= 15 is 0 Å². The van der Waals surface area contributed by atoms with Crippen LogP contribution < -0.4 is 0 Å². The first-order chi connectivity index (χ1) is 8.29. The Bertz CT molecular complexity index is 402. The van der Waals surface area contributed by atoms with Crippen LogP contribution in [0.25, 0.3) is 6.08 Å².